The first-order valence-electron chi connectivity index (χ1n) is 10.7. The van der Waals surface area contributed by atoms with Crippen LogP contribution in [-0.2, 0) is 20.9 Å². The number of benzene rings is 1. The van der Waals surface area contributed by atoms with E-state index in [1.807, 2.05) is 31.2 Å². The lowest BCUT2D eigenvalue weighted by Crippen LogP contribution is -2.54. The Morgan fingerprint density at radius 2 is 1.90 bits per heavy atom. The molecule has 0 aromatic heterocycles. The van der Waals surface area contributed by atoms with Gasteiger partial charge in [-0.05, 0) is 51.6 Å². The predicted octanol–water partition coefficient (Wildman–Crippen LogP) is 0.563. The Kier molecular flexibility index (Phi) is 9.26. The highest BCUT2D eigenvalue weighted by Crippen LogP contribution is 2.20. The lowest BCUT2D eigenvalue weighted by molar-refractivity contribution is -0.140. The minimum atomic E-state index is -0.768. The minimum Gasteiger partial charge on any atom is -0.368 e. The maximum atomic E-state index is 13.3. The smallest absolute Gasteiger partial charge is 0.243 e. The lowest BCUT2D eigenvalue weighted by Gasteiger charge is -2.29. The number of nitrogens with zero attached hydrogens (tertiary/aromatic N) is 1. The van der Waals surface area contributed by atoms with E-state index in [1.165, 1.54) is 5.56 Å². The summed E-state index contributed by atoms with van der Waals surface area (Å²) in [5.74, 6) is -1.01. The van der Waals surface area contributed by atoms with Crippen molar-refractivity contribution in [3.8, 4) is 0 Å². The van der Waals surface area contributed by atoms with Gasteiger partial charge in [-0.3, -0.25) is 14.4 Å². The molecule has 0 saturated carbocycles. The number of rotatable bonds is 11. The fourth-order valence-corrected chi connectivity index (χ4v) is 3.64. The average molecular weight is 418 g/mol. The zero-order chi connectivity index (χ0) is 22.1. The van der Waals surface area contributed by atoms with Gasteiger partial charge in [0, 0.05) is 13.1 Å². The number of likely N-dealkylation sites (tertiary alicyclic amines) is 1. The van der Waals surface area contributed by atoms with Crippen LogP contribution in [0.5, 0.6) is 0 Å². The molecule has 8 heteroatoms. The molecule has 0 aliphatic carbocycles. The first-order chi connectivity index (χ1) is 14.3. The van der Waals surface area contributed by atoms with E-state index in [0.29, 0.717) is 32.5 Å². The molecule has 3 amide bonds. The molecule has 3 atom stereocenters. The number of carbonyl (C=O) groups is 3. The summed E-state index contributed by atoms with van der Waals surface area (Å²) < 4.78 is 0. The molecular weight excluding hydrogens is 382 g/mol. The summed E-state index contributed by atoms with van der Waals surface area (Å²) in [7, 11) is 0. The van der Waals surface area contributed by atoms with Crippen LogP contribution in [0.1, 0.15) is 50.2 Å². The van der Waals surface area contributed by atoms with Gasteiger partial charge in [0.25, 0.3) is 0 Å². The zero-order valence-electron chi connectivity index (χ0n) is 18.0. The van der Waals surface area contributed by atoms with E-state index < -0.39 is 18.0 Å². The summed E-state index contributed by atoms with van der Waals surface area (Å²) in [6.45, 7) is 5.26. The fourth-order valence-electron chi connectivity index (χ4n) is 3.64. The van der Waals surface area contributed by atoms with E-state index in [4.69, 9.17) is 11.5 Å². The summed E-state index contributed by atoms with van der Waals surface area (Å²) in [6, 6.07) is 6.45. The van der Waals surface area contributed by atoms with E-state index in [0.717, 1.165) is 24.8 Å². The molecule has 6 N–H and O–H groups in total. The third-order valence-electron chi connectivity index (χ3n) is 5.54. The number of hydrogen-bond donors (Lipinski definition) is 4. The van der Waals surface area contributed by atoms with E-state index in [1.54, 1.807) is 11.8 Å². The third kappa shape index (κ3) is 6.81. The largest absolute Gasteiger partial charge is 0.368 e. The molecule has 1 aromatic carbocycles. The molecule has 1 aliphatic rings. The Hall–Kier alpha value is -2.45. The molecule has 1 aliphatic heterocycles. The topological polar surface area (TPSA) is 131 Å². The van der Waals surface area contributed by atoms with Crippen molar-refractivity contribution in [3.63, 3.8) is 0 Å². The number of unbranched alkanes of at least 4 members (excludes halogenated alkanes) is 1. The summed E-state index contributed by atoms with van der Waals surface area (Å²) in [4.78, 5) is 38.8. The van der Waals surface area contributed by atoms with Gasteiger partial charge in [-0.1, -0.05) is 36.2 Å². The summed E-state index contributed by atoms with van der Waals surface area (Å²) >= 11 is 0. The number of primary amides is 1. The van der Waals surface area contributed by atoms with Crippen molar-refractivity contribution in [1.82, 2.24) is 15.5 Å². The monoisotopic (exact) mass is 417 g/mol. The second-order valence-electron chi connectivity index (χ2n) is 8.03. The number of nitrogens with two attached hydrogens (primary N) is 2. The van der Waals surface area contributed by atoms with E-state index in [2.05, 4.69) is 10.6 Å². The van der Waals surface area contributed by atoms with E-state index in [-0.39, 0.29) is 17.9 Å². The van der Waals surface area contributed by atoms with E-state index in [9.17, 15) is 14.4 Å². The molecule has 0 radical (unpaired) electrons. The van der Waals surface area contributed by atoms with Crippen LogP contribution in [-0.4, -0.2) is 53.8 Å². The molecule has 30 heavy (non-hydrogen) atoms. The second-order valence-corrected chi connectivity index (χ2v) is 8.03. The Bertz CT molecular complexity index is 722. The Labute approximate surface area is 178 Å². The van der Waals surface area contributed by atoms with E-state index >= 15 is 0 Å². The van der Waals surface area contributed by atoms with Crippen LogP contribution in [0, 0.1) is 6.92 Å². The molecule has 8 nitrogen and oxygen atoms in total. The zero-order valence-corrected chi connectivity index (χ0v) is 18.0. The van der Waals surface area contributed by atoms with Crippen molar-refractivity contribution in [3.05, 3.63) is 35.4 Å². The SMILES string of the molecule is Cc1ccc(CN[C@@H](CCCCN)C(=O)N2CCC[C@H]2C(=O)N[C@H](C)C(N)=O)cc1. The number of hydrogen-bond acceptors (Lipinski definition) is 5. The van der Waals surface area contributed by atoms with Crippen molar-refractivity contribution >= 4 is 17.7 Å². The predicted molar refractivity (Wildman–Crippen MR) is 116 cm³/mol. The van der Waals surface area contributed by atoms with Gasteiger partial charge < -0.3 is 27.0 Å². The Balaban J connectivity index is 2.05. The Morgan fingerprint density at radius 3 is 2.53 bits per heavy atom. The average Bonchev–Trinajstić information content (AvgIpc) is 3.21. The molecule has 1 heterocycles. The highest BCUT2D eigenvalue weighted by molar-refractivity contribution is 5.93. The van der Waals surface area contributed by atoms with Crippen LogP contribution in [0.2, 0.25) is 0 Å². The van der Waals surface area contributed by atoms with Gasteiger partial charge in [0.05, 0.1) is 6.04 Å². The molecule has 0 bridgehead atoms. The molecule has 166 valence electrons. The van der Waals surface area contributed by atoms with Crippen molar-refractivity contribution in [2.24, 2.45) is 11.5 Å². The fraction of sp³-hybridized carbons (Fsp3) is 0.591. The summed E-state index contributed by atoms with van der Waals surface area (Å²) in [5.41, 5.74) is 13.1. The quantitative estimate of drug-likeness (QED) is 0.391. The van der Waals surface area contributed by atoms with Crippen LogP contribution in [0.3, 0.4) is 0 Å². The van der Waals surface area contributed by atoms with Crippen molar-refractivity contribution in [2.45, 2.75) is 70.6 Å². The second kappa shape index (κ2) is 11.7. The number of aryl methyl sites for hydroxylation is 1. The first kappa shape index (κ1) is 23.8. The molecule has 1 aromatic rings. The molecular formula is C22H35N5O3. The van der Waals surface area contributed by atoms with Crippen molar-refractivity contribution in [1.29, 1.82) is 0 Å². The van der Waals surface area contributed by atoms with Crippen LogP contribution in [0.4, 0.5) is 0 Å². The maximum Gasteiger partial charge on any atom is 0.243 e. The van der Waals surface area contributed by atoms with Gasteiger partial charge in [-0.15, -0.1) is 0 Å². The Morgan fingerprint density at radius 1 is 1.20 bits per heavy atom. The molecule has 2 rings (SSSR count). The summed E-state index contributed by atoms with van der Waals surface area (Å²) in [6.07, 6.45) is 3.66. The van der Waals surface area contributed by atoms with Crippen LogP contribution >= 0.6 is 0 Å². The van der Waals surface area contributed by atoms with Gasteiger partial charge >= 0.3 is 0 Å². The van der Waals surface area contributed by atoms with Crippen molar-refractivity contribution in [2.75, 3.05) is 13.1 Å². The van der Waals surface area contributed by atoms with Crippen LogP contribution in [0.25, 0.3) is 0 Å². The van der Waals surface area contributed by atoms with Gasteiger partial charge in [0.15, 0.2) is 0 Å². The minimum absolute atomic E-state index is 0.0801. The van der Waals surface area contributed by atoms with Gasteiger partial charge in [-0.2, -0.15) is 0 Å². The molecule has 0 spiro atoms. The summed E-state index contributed by atoms with van der Waals surface area (Å²) in [5, 5.41) is 5.99. The molecule has 0 unspecified atom stereocenters. The first-order valence-corrected chi connectivity index (χ1v) is 10.7. The van der Waals surface area contributed by atoms with Gasteiger partial charge in [-0.25, -0.2) is 0 Å². The number of amides is 3. The standard InChI is InChI=1S/C22H35N5O3/c1-15-8-10-17(11-9-15)14-25-18(6-3-4-12-23)22(30)27-13-5-7-19(27)21(29)26-16(2)20(24)28/h8-11,16,18-19,25H,3-7,12-14,23H2,1-2H3,(H2,24,28)(H,26,29)/t16-,18+,19+/m1/s1. The highest BCUT2D eigenvalue weighted by Gasteiger charge is 2.37. The normalized spacial score (nSPS) is 18.1. The van der Waals surface area contributed by atoms with Gasteiger partial charge in [0.1, 0.15) is 12.1 Å². The highest BCUT2D eigenvalue weighted by atomic mass is 16.2. The van der Waals surface area contributed by atoms with Crippen molar-refractivity contribution < 1.29 is 14.4 Å². The molecule has 1 fully saturated rings. The number of carbonyl (C=O) groups excluding carboxylic acids is 3. The van der Waals surface area contributed by atoms with Crippen LogP contribution < -0.4 is 22.1 Å². The third-order valence-corrected chi connectivity index (χ3v) is 5.54. The maximum absolute atomic E-state index is 13.3. The number of nitrogens with one attached hydrogen (secondary N) is 2. The lowest BCUT2D eigenvalue weighted by atomic mass is 10.1. The van der Waals surface area contributed by atoms with Gasteiger partial charge in [0.2, 0.25) is 17.7 Å². The van der Waals surface area contributed by atoms with Crippen LogP contribution in [0.15, 0.2) is 24.3 Å². The molecule has 1 saturated heterocycles.